The molecule has 0 aliphatic rings. The first kappa shape index (κ1) is 13.7. The van der Waals surface area contributed by atoms with Crippen LogP contribution in [0.3, 0.4) is 0 Å². The molecule has 0 bridgehead atoms. The molecule has 0 fully saturated rings. The van der Waals surface area contributed by atoms with Gasteiger partial charge in [-0.2, -0.15) is 0 Å². The average molecular weight is 274 g/mol. The number of anilines is 2. The highest BCUT2D eigenvalue weighted by atomic mass is 16.5. The summed E-state index contributed by atoms with van der Waals surface area (Å²) in [5.41, 5.74) is 1.29. The Morgan fingerprint density at radius 1 is 1.20 bits per heavy atom. The van der Waals surface area contributed by atoms with Gasteiger partial charge in [0.25, 0.3) is 0 Å². The molecule has 2 rings (SSSR count). The SMILES string of the molecule is COc1ccc(Nc2ccnc(C(=O)O)c2)c(OC)c1. The van der Waals surface area contributed by atoms with Crippen molar-refractivity contribution in [2.45, 2.75) is 0 Å². The molecular formula is C14H14N2O4. The van der Waals surface area contributed by atoms with Crippen molar-refractivity contribution >= 4 is 17.3 Å². The van der Waals surface area contributed by atoms with Crippen molar-refractivity contribution in [2.24, 2.45) is 0 Å². The van der Waals surface area contributed by atoms with Gasteiger partial charge in [0.1, 0.15) is 17.2 Å². The number of benzene rings is 1. The Bertz CT molecular complexity index is 628. The zero-order valence-corrected chi connectivity index (χ0v) is 11.1. The van der Waals surface area contributed by atoms with E-state index >= 15 is 0 Å². The fourth-order valence-electron chi connectivity index (χ4n) is 1.68. The lowest BCUT2D eigenvalue weighted by molar-refractivity contribution is 0.0690. The van der Waals surface area contributed by atoms with Crippen LogP contribution in [0.2, 0.25) is 0 Å². The molecule has 0 spiro atoms. The molecular weight excluding hydrogens is 260 g/mol. The maximum Gasteiger partial charge on any atom is 0.354 e. The van der Waals surface area contributed by atoms with Crippen molar-refractivity contribution in [1.29, 1.82) is 0 Å². The number of hydrogen-bond donors (Lipinski definition) is 2. The Kier molecular flexibility index (Phi) is 4.05. The van der Waals surface area contributed by atoms with Crippen LogP contribution in [-0.2, 0) is 0 Å². The number of nitrogens with one attached hydrogen (secondary N) is 1. The largest absolute Gasteiger partial charge is 0.497 e. The second-order valence-electron chi connectivity index (χ2n) is 3.93. The number of carboxylic acid groups (broad SMARTS) is 1. The molecule has 0 unspecified atom stereocenters. The van der Waals surface area contributed by atoms with Crippen molar-refractivity contribution in [3.63, 3.8) is 0 Å². The first-order chi connectivity index (χ1) is 9.63. The lowest BCUT2D eigenvalue weighted by atomic mass is 10.2. The first-order valence-electron chi connectivity index (χ1n) is 5.82. The molecule has 0 saturated carbocycles. The summed E-state index contributed by atoms with van der Waals surface area (Å²) in [6.07, 6.45) is 1.43. The van der Waals surface area contributed by atoms with Crippen LogP contribution in [0, 0.1) is 0 Å². The summed E-state index contributed by atoms with van der Waals surface area (Å²) in [4.78, 5) is 14.6. The second-order valence-corrected chi connectivity index (χ2v) is 3.93. The zero-order valence-electron chi connectivity index (χ0n) is 11.1. The van der Waals surface area contributed by atoms with Gasteiger partial charge in [-0.05, 0) is 24.3 Å². The normalized spacial score (nSPS) is 9.90. The number of carboxylic acids is 1. The quantitative estimate of drug-likeness (QED) is 0.872. The molecule has 0 aliphatic heterocycles. The van der Waals surface area contributed by atoms with E-state index in [9.17, 15) is 4.79 Å². The number of ether oxygens (including phenoxy) is 2. The van der Waals surface area contributed by atoms with E-state index in [2.05, 4.69) is 10.3 Å². The van der Waals surface area contributed by atoms with Crippen molar-refractivity contribution < 1.29 is 19.4 Å². The molecule has 2 N–H and O–H groups in total. The molecule has 1 aromatic carbocycles. The van der Waals surface area contributed by atoms with E-state index in [-0.39, 0.29) is 5.69 Å². The summed E-state index contributed by atoms with van der Waals surface area (Å²) in [5, 5.41) is 12.0. The summed E-state index contributed by atoms with van der Waals surface area (Å²) in [6, 6.07) is 8.44. The molecule has 0 aliphatic carbocycles. The fraction of sp³-hybridized carbons (Fsp3) is 0.143. The number of rotatable bonds is 5. The summed E-state index contributed by atoms with van der Waals surface area (Å²) >= 11 is 0. The Morgan fingerprint density at radius 2 is 2.00 bits per heavy atom. The topological polar surface area (TPSA) is 80.7 Å². The van der Waals surface area contributed by atoms with Crippen LogP contribution in [0.15, 0.2) is 36.5 Å². The highest BCUT2D eigenvalue weighted by molar-refractivity contribution is 5.86. The van der Waals surface area contributed by atoms with E-state index in [4.69, 9.17) is 14.6 Å². The summed E-state index contributed by atoms with van der Waals surface area (Å²) < 4.78 is 10.4. The monoisotopic (exact) mass is 274 g/mol. The molecule has 104 valence electrons. The van der Waals surface area contributed by atoms with Crippen LogP contribution < -0.4 is 14.8 Å². The Labute approximate surface area is 116 Å². The minimum absolute atomic E-state index is 0.0255. The molecule has 20 heavy (non-hydrogen) atoms. The van der Waals surface area contributed by atoms with Gasteiger partial charge in [0.2, 0.25) is 0 Å². The predicted molar refractivity (Wildman–Crippen MR) is 74.0 cm³/mol. The van der Waals surface area contributed by atoms with Gasteiger partial charge in [-0.3, -0.25) is 0 Å². The molecule has 0 radical (unpaired) electrons. The van der Waals surface area contributed by atoms with Crippen molar-refractivity contribution in [2.75, 3.05) is 19.5 Å². The number of hydrogen-bond acceptors (Lipinski definition) is 5. The number of nitrogens with zero attached hydrogens (tertiary/aromatic N) is 1. The summed E-state index contributed by atoms with van der Waals surface area (Å²) in [7, 11) is 3.12. The van der Waals surface area contributed by atoms with Crippen molar-refractivity contribution in [1.82, 2.24) is 4.98 Å². The standard InChI is InChI=1S/C14H14N2O4/c1-19-10-3-4-11(13(8-10)20-2)16-9-5-6-15-12(7-9)14(17)18/h3-8H,1-2H3,(H,15,16)(H,17,18). The Morgan fingerprint density at radius 3 is 2.65 bits per heavy atom. The first-order valence-corrected chi connectivity index (χ1v) is 5.82. The van der Waals surface area contributed by atoms with Gasteiger partial charge in [-0.1, -0.05) is 0 Å². The average Bonchev–Trinajstić information content (AvgIpc) is 2.48. The van der Waals surface area contributed by atoms with Gasteiger partial charge < -0.3 is 19.9 Å². The molecule has 0 amide bonds. The number of aromatic nitrogens is 1. The number of pyridine rings is 1. The zero-order chi connectivity index (χ0) is 14.5. The van der Waals surface area contributed by atoms with Gasteiger partial charge in [0, 0.05) is 18.0 Å². The third-order valence-electron chi connectivity index (χ3n) is 2.67. The minimum atomic E-state index is -1.07. The number of carbonyl (C=O) groups is 1. The van der Waals surface area contributed by atoms with Crippen LogP contribution >= 0.6 is 0 Å². The van der Waals surface area contributed by atoms with Crippen molar-refractivity contribution in [3.8, 4) is 11.5 Å². The molecule has 6 heteroatoms. The number of aromatic carboxylic acids is 1. The summed E-state index contributed by atoms with van der Waals surface area (Å²) in [5.74, 6) is 0.196. The van der Waals surface area contributed by atoms with E-state index in [0.717, 1.165) is 0 Å². The van der Waals surface area contributed by atoms with E-state index in [1.807, 2.05) is 0 Å². The van der Waals surface area contributed by atoms with Gasteiger partial charge in [0.15, 0.2) is 0 Å². The van der Waals surface area contributed by atoms with E-state index in [1.54, 1.807) is 38.5 Å². The highest BCUT2D eigenvalue weighted by Gasteiger charge is 2.08. The van der Waals surface area contributed by atoms with Gasteiger partial charge in [-0.25, -0.2) is 9.78 Å². The van der Waals surface area contributed by atoms with Crippen LogP contribution in [0.1, 0.15) is 10.5 Å². The van der Waals surface area contributed by atoms with Gasteiger partial charge in [0.05, 0.1) is 19.9 Å². The third-order valence-corrected chi connectivity index (χ3v) is 2.67. The molecule has 6 nitrogen and oxygen atoms in total. The van der Waals surface area contributed by atoms with Crippen molar-refractivity contribution in [3.05, 3.63) is 42.2 Å². The molecule has 0 saturated heterocycles. The Balaban J connectivity index is 2.29. The maximum absolute atomic E-state index is 10.9. The smallest absolute Gasteiger partial charge is 0.354 e. The van der Waals surface area contributed by atoms with E-state index in [1.165, 1.54) is 12.3 Å². The molecule has 1 heterocycles. The van der Waals surface area contributed by atoms with Gasteiger partial charge in [-0.15, -0.1) is 0 Å². The lowest BCUT2D eigenvalue weighted by Crippen LogP contribution is -2.01. The molecule has 1 aromatic heterocycles. The van der Waals surface area contributed by atoms with E-state index < -0.39 is 5.97 Å². The van der Waals surface area contributed by atoms with Crippen LogP contribution in [0.4, 0.5) is 11.4 Å². The fourth-order valence-corrected chi connectivity index (χ4v) is 1.68. The lowest BCUT2D eigenvalue weighted by Gasteiger charge is -2.12. The number of methoxy groups -OCH3 is 2. The second kappa shape index (κ2) is 5.92. The molecule has 0 atom stereocenters. The maximum atomic E-state index is 10.9. The van der Waals surface area contributed by atoms with E-state index in [0.29, 0.717) is 22.9 Å². The predicted octanol–water partition coefficient (Wildman–Crippen LogP) is 2.54. The van der Waals surface area contributed by atoms with Gasteiger partial charge >= 0.3 is 5.97 Å². The summed E-state index contributed by atoms with van der Waals surface area (Å²) in [6.45, 7) is 0. The van der Waals surface area contributed by atoms with Crippen LogP contribution in [0.25, 0.3) is 0 Å². The van der Waals surface area contributed by atoms with Crippen LogP contribution in [-0.4, -0.2) is 30.3 Å². The minimum Gasteiger partial charge on any atom is -0.497 e. The molecule has 2 aromatic rings. The Hall–Kier alpha value is -2.76. The third kappa shape index (κ3) is 2.97. The van der Waals surface area contributed by atoms with Crippen LogP contribution in [0.5, 0.6) is 11.5 Å². The highest BCUT2D eigenvalue weighted by Crippen LogP contribution is 2.31.